The minimum atomic E-state index is -0.113. The van der Waals surface area contributed by atoms with Crippen LogP contribution in [0.15, 0.2) is 0 Å². The van der Waals surface area contributed by atoms with E-state index in [0.717, 1.165) is 25.9 Å². The third-order valence-electron chi connectivity index (χ3n) is 4.21. The Labute approximate surface area is 97.4 Å². The zero-order chi connectivity index (χ0) is 10.8. The van der Waals surface area contributed by atoms with Crippen LogP contribution in [0.3, 0.4) is 0 Å². The standard InChI is InChI=1S/C12H22ClNO/c1-8-6-12(15)10(7-11(8)13)9-2-4-14-5-3-9/h8-12,14-15H,2-7H2,1H3. The van der Waals surface area contributed by atoms with E-state index in [1.54, 1.807) is 0 Å². The maximum absolute atomic E-state index is 10.1. The molecule has 2 aliphatic rings. The highest BCUT2D eigenvalue weighted by atomic mass is 35.5. The van der Waals surface area contributed by atoms with Gasteiger partial charge in [0.1, 0.15) is 0 Å². The first-order valence-corrected chi connectivity index (χ1v) is 6.65. The third kappa shape index (κ3) is 2.66. The highest BCUT2D eigenvalue weighted by Gasteiger charge is 2.37. The summed E-state index contributed by atoms with van der Waals surface area (Å²) in [6.45, 7) is 4.37. The molecule has 0 spiro atoms. The molecule has 1 saturated heterocycles. The average Bonchev–Trinajstić information content (AvgIpc) is 2.25. The maximum atomic E-state index is 10.1. The molecule has 0 aromatic rings. The fourth-order valence-electron chi connectivity index (χ4n) is 3.13. The Hall–Kier alpha value is 0.210. The van der Waals surface area contributed by atoms with Crippen molar-refractivity contribution in [2.75, 3.05) is 13.1 Å². The fourth-order valence-corrected chi connectivity index (χ4v) is 3.44. The molecule has 0 amide bonds. The van der Waals surface area contributed by atoms with Crippen molar-refractivity contribution < 1.29 is 5.11 Å². The Kier molecular flexibility index (Phi) is 3.92. The predicted octanol–water partition coefficient (Wildman–Crippen LogP) is 2.00. The van der Waals surface area contributed by atoms with Gasteiger partial charge in [0.25, 0.3) is 0 Å². The van der Waals surface area contributed by atoms with Crippen molar-refractivity contribution in [2.24, 2.45) is 17.8 Å². The summed E-state index contributed by atoms with van der Waals surface area (Å²) >= 11 is 6.32. The topological polar surface area (TPSA) is 32.3 Å². The second-order valence-corrected chi connectivity index (χ2v) is 5.84. The molecular weight excluding hydrogens is 210 g/mol. The molecule has 15 heavy (non-hydrogen) atoms. The fraction of sp³-hybridized carbons (Fsp3) is 1.00. The van der Waals surface area contributed by atoms with Gasteiger partial charge in [0.15, 0.2) is 0 Å². The molecule has 1 aliphatic carbocycles. The zero-order valence-electron chi connectivity index (χ0n) is 9.45. The molecule has 0 radical (unpaired) electrons. The number of aliphatic hydroxyl groups is 1. The number of hydrogen-bond acceptors (Lipinski definition) is 2. The summed E-state index contributed by atoms with van der Waals surface area (Å²) in [5.41, 5.74) is 0. The van der Waals surface area contributed by atoms with Gasteiger partial charge in [-0.05, 0) is 56.5 Å². The molecule has 1 aliphatic heterocycles. The SMILES string of the molecule is CC1CC(O)C(C2CCNCC2)CC1Cl. The molecule has 2 fully saturated rings. The van der Waals surface area contributed by atoms with Crippen LogP contribution in [0.25, 0.3) is 0 Å². The van der Waals surface area contributed by atoms with Crippen LogP contribution >= 0.6 is 11.6 Å². The Morgan fingerprint density at radius 1 is 1.20 bits per heavy atom. The van der Waals surface area contributed by atoms with Gasteiger partial charge in [-0.2, -0.15) is 0 Å². The Bertz CT molecular complexity index is 206. The summed E-state index contributed by atoms with van der Waals surface area (Å²) in [4.78, 5) is 0. The number of alkyl halides is 1. The van der Waals surface area contributed by atoms with Crippen LogP contribution in [0.2, 0.25) is 0 Å². The number of nitrogens with one attached hydrogen (secondary N) is 1. The van der Waals surface area contributed by atoms with Crippen LogP contribution in [-0.4, -0.2) is 29.7 Å². The summed E-state index contributed by atoms with van der Waals surface area (Å²) in [6, 6.07) is 0. The van der Waals surface area contributed by atoms with Gasteiger partial charge >= 0.3 is 0 Å². The first kappa shape index (κ1) is 11.7. The highest BCUT2D eigenvalue weighted by Crippen LogP contribution is 2.39. The number of halogens is 1. The summed E-state index contributed by atoms with van der Waals surface area (Å²) in [5, 5.41) is 13.8. The lowest BCUT2D eigenvalue weighted by Gasteiger charge is -2.40. The van der Waals surface area contributed by atoms with Gasteiger partial charge in [-0.3, -0.25) is 0 Å². The lowest BCUT2D eigenvalue weighted by atomic mass is 9.71. The van der Waals surface area contributed by atoms with E-state index in [0.29, 0.717) is 17.8 Å². The van der Waals surface area contributed by atoms with E-state index in [1.165, 1.54) is 12.8 Å². The van der Waals surface area contributed by atoms with Gasteiger partial charge in [-0.1, -0.05) is 6.92 Å². The van der Waals surface area contributed by atoms with Crippen molar-refractivity contribution in [3.8, 4) is 0 Å². The minimum Gasteiger partial charge on any atom is -0.393 e. The monoisotopic (exact) mass is 231 g/mol. The van der Waals surface area contributed by atoms with Crippen LogP contribution in [-0.2, 0) is 0 Å². The first-order valence-electron chi connectivity index (χ1n) is 6.21. The number of aliphatic hydroxyl groups excluding tert-OH is 1. The van der Waals surface area contributed by atoms with Crippen molar-refractivity contribution in [3.05, 3.63) is 0 Å². The van der Waals surface area contributed by atoms with Gasteiger partial charge in [0.2, 0.25) is 0 Å². The molecule has 2 nitrogen and oxygen atoms in total. The van der Waals surface area contributed by atoms with Crippen LogP contribution in [0.4, 0.5) is 0 Å². The van der Waals surface area contributed by atoms with Gasteiger partial charge in [-0.15, -0.1) is 11.6 Å². The second kappa shape index (κ2) is 5.03. The van der Waals surface area contributed by atoms with Gasteiger partial charge in [-0.25, -0.2) is 0 Å². The Balaban J connectivity index is 1.95. The summed E-state index contributed by atoms with van der Waals surface area (Å²) in [5.74, 6) is 1.61. The van der Waals surface area contributed by atoms with Crippen LogP contribution < -0.4 is 5.32 Å². The van der Waals surface area contributed by atoms with E-state index in [4.69, 9.17) is 11.6 Å². The van der Waals surface area contributed by atoms with Crippen LogP contribution in [0, 0.1) is 17.8 Å². The van der Waals surface area contributed by atoms with Crippen LogP contribution in [0.1, 0.15) is 32.6 Å². The quantitative estimate of drug-likeness (QED) is 0.677. The summed E-state index contributed by atoms with van der Waals surface area (Å²) in [6.07, 6.45) is 4.20. The molecule has 4 unspecified atom stereocenters. The number of hydrogen-bond donors (Lipinski definition) is 2. The van der Waals surface area contributed by atoms with E-state index >= 15 is 0 Å². The maximum Gasteiger partial charge on any atom is 0.0574 e. The molecular formula is C12H22ClNO. The molecule has 2 rings (SSSR count). The third-order valence-corrected chi connectivity index (χ3v) is 4.82. The summed E-state index contributed by atoms with van der Waals surface area (Å²) < 4.78 is 0. The molecule has 0 aromatic carbocycles. The lowest BCUT2D eigenvalue weighted by Crippen LogP contribution is -2.42. The smallest absolute Gasteiger partial charge is 0.0574 e. The molecule has 1 saturated carbocycles. The predicted molar refractivity (Wildman–Crippen MR) is 63.1 cm³/mol. The number of rotatable bonds is 1. The van der Waals surface area contributed by atoms with E-state index in [1.807, 2.05) is 0 Å². The van der Waals surface area contributed by atoms with Gasteiger partial charge in [0, 0.05) is 5.38 Å². The highest BCUT2D eigenvalue weighted by molar-refractivity contribution is 6.20. The van der Waals surface area contributed by atoms with Crippen molar-refractivity contribution in [1.82, 2.24) is 5.32 Å². The van der Waals surface area contributed by atoms with Crippen molar-refractivity contribution in [3.63, 3.8) is 0 Å². The van der Waals surface area contributed by atoms with Gasteiger partial charge in [0.05, 0.1) is 6.10 Å². The Morgan fingerprint density at radius 3 is 2.53 bits per heavy atom. The van der Waals surface area contributed by atoms with Crippen molar-refractivity contribution >= 4 is 11.6 Å². The van der Waals surface area contributed by atoms with E-state index in [9.17, 15) is 5.11 Å². The van der Waals surface area contributed by atoms with E-state index in [2.05, 4.69) is 12.2 Å². The summed E-state index contributed by atoms with van der Waals surface area (Å²) in [7, 11) is 0. The number of piperidine rings is 1. The zero-order valence-corrected chi connectivity index (χ0v) is 10.2. The molecule has 0 aromatic heterocycles. The van der Waals surface area contributed by atoms with Crippen LogP contribution in [0.5, 0.6) is 0 Å². The molecule has 2 N–H and O–H groups in total. The molecule has 88 valence electrons. The average molecular weight is 232 g/mol. The molecule has 3 heteroatoms. The normalized spacial score (nSPS) is 44.2. The van der Waals surface area contributed by atoms with Crippen molar-refractivity contribution in [1.29, 1.82) is 0 Å². The first-order chi connectivity index (χ1) is 7.18. The van der Waals surface area contributed by atoms with Crippen molar-refractivity contribution in [2.45, 2.75) is 44.1 Å². The molecule has 0 bridgehead atoms. The molecule has 4 atom stereocenters. The molecule has 1 heterocycles. The second-order valence-electron chi connectivity index (χ2n) is 5.28. The van der Waals surface area contributed by atoms with Gasteiger partial charge < -0.3 is 10.4 Å². The minimum absolute atomic E-state index is 0.113. The van der Waals surface area contributed by atoms with E-state index < -0.39 is 0 Å². The lowest BCUT2D eigenvalue weighted by molar-refractivity contribution is 0.0125. The Morgan fingerprint density at radius 2 is 1.87 bits per heavy atom. The van der Waals surface area contributed by atoms with E-state index in [-0.39, 0.29) is 11.5 Å². The largest absolute Gasteiger partial charge is 0.393 e.